The van der Waals surface area contributed by atoms with Gasteiger partial charge in [0.1, 0.15) is 5.54 Å². The van der Waals surface area contributed by atoms with Crippen LogP contribution in [0.25, 0.3) is 0 Å². The van der Waals surface area contributed by atoms with E-state index in [0.29, 0.717) is 6.04 Å². The first-order chi connectivity index (χ1) is 7.29. The van der Waals surface area contributed by atoms with Gasteiger partial charge in [0, 0.05) is 6.04 Å². The van der Waals surface area contributed by atoms with Gasteiger partial charge < -0.3 is 4.74 Å². The zero-order valence-corrected chi connectivity index (χ0v) is 11.2. The highest BCUT2D eigenvalue weighted by molar-refractivity contribution is 5.79. The van der Waals surface area contributed by atoms with E-state index in [9.17, 15) is 4.79 Å². The first-order valence-corrected chi connectivity index (χ1v) is 6.16. The number of nitrogens with one attached hydrogen (secondary N) is 1. The number of carbonyl (C=O) groups is 1. The molecule has 1 N–H and O–H groups in total. The SMILES string of the molecule is COC(=O)C(C)(C)NC1CCCCC1(C)C. The van der Waals surface area contributed by atoms with E-state index in [-0.39, 0.29) is 11.4 Å². The Morgan fingerprint density at radius 1 is 1.38 bits per heavy atom. The molecule has 94 valence electrons. The zero-order valence-electron chi connectivity index (χ0n) is 11.2. The second-order valence-corrected chi connectivity index (χ2v) is 6.05. The summed E-state index contributed by atoms with van der Waals surface area (Å²) in [7, 11) is 1.44. The highest BCUT2D eigenvalue weighted by Crippen LogP contribution is 2.36. The van der Waals surface area contributed by atoms with Crippen LogP contribution in [0.4, 0.5) is 0 Å². The fraction of sp³-hybridized carbons (Fsp3) is 0.923. The van der Waals surface area contributed by atoms with Crippen molar-refractivity contribution < 1.29 is 9.53 Å². The van der Waals surface area contributed by atoms with Crippen molar-refractivity contribution in [3.05, 3.63) is 0 Å². The molecule has 0 aromatic carbocycles. The molecule has 0 radical (unpaired) electrons. The van der Waals surface area contributed by atoms with Crippen LogP contribution in [0.3, 0.4) is 0 Å². The van der Waals surface area contributed by atoms with E-state index in [4.69, 9.17) is 4.74 Å². The van der Waals surface area contributed by atoms with Crippen molar-refractivity contribution in [3.8, 4) is 0 Å². The average molecular weight is 227 g/mol. The molecule has 0 heterocycles. The van der Waals surface area contributed by atoms with Gasteiger partial charge in [-0.05, 0) is 32.1 Å². The third kappa shape index (κ3) is 2.97. The van der Waals surface area contributed by atoms with Gasteiger partial charge in [0.2, 0.25) is 0 Å². The van der Waals surface area contributed by atoms with Crippen LogP contribution in [-0.4, -0.2) is 24.7 Å². The molecule has 0 bridgehead atoms. The molecule has 1 saturated carbocycles. The van der Waals surface area contributed by atoms with Crippen molar-refractivity contribution in [2.75, 3.05) is 7.11 Å². The summed E-state index contributed by atoms with van der Waals surface area (Å²) in [4.78, 5) is 11.6. The molecule has 1 aliphatic rings. The maximum absolute atomic E-state index is 11.6. The lowest BCUT2D eigenvalue weighted by atomic mass is 9.72. The molecule has 0 aliphatic heterocycles. The number of carbonyl (C=O) groups excluding carboxylic acids is 1. The number of hydrogen-bond acceptors (Lipinski definition) is 3. The monoisotopic (exact) mass is 227 g/mol. The van der Waals surface area contributed by atoms with Crippen LogP contribution in [0.1, 0.15) is 53.4 Å². The number of methoxy groups -OCH3 is 1. The van der Waals surface area contributed by atoms with Crippen LogP contribution in [0.2, 0.25) is 0 Å². The van der Waals surface area contributed by atoms with Gasteiger partial charge in [-0.1, -0.05) is 26.7 Å². The minimum absolute atomic E-state index is 0.186. The van der Waals surface area contributed by atoms with Crippen molar-refractivity contribution in [2.24, 2.45) is 5.41 Å². The Balaban J connectivity index is 2.68. The molecular formula is C13H25NO2. The third-order valence-electron chi connectivity index (χ3n) is 3.74. The Labute approximate surface area is 98.9 Å². The fourth-order valence-electron chi connectivity index (χ4n) is 2.51. The lowest BCUT2D eigenvalue weighted by Gasteiger charge is -2.42. The molecule has 1 atom stereocenters. The van der Waals surface area contributed by atoms with Gasteiger partial charge >= 0.3 is 5.97 Å². The van der Waals surface area contributed by atoms with Gasteiger partial charge in [-0.25, -0.2) is 0 Å². The second kappa shape index (κ2) is 4.74. The Hall–Kier alpha value is -0.570. The first kappa shape index (κ1) is 13.5. The largest absolute Gasteiger partial charge is 0.468 e. The van der Waals surface area contributed by atoms with Crippen molar-refractivity contribution in [2.45, 2.75) is 65.0 Å². The molecule has 1 unspecified atom stereocenters. The lowest BCUT2D eigenvalue weighted by Crippen LogP contribution is -2.57. The van der Waals surface area contributed by atoms with Gasteiger partial charge in [0.15, 0.2) is 0 Å². The topological polar surface area (TPSA) is 38.3 Å². The normalized spacial score (nSPS) is 25.2. The smallest absolute Gasteiger partial charge is 0.325 e. The lowest BCUT2D eigenvalue weighted by molar-refractivity contribution is -0.148. The van der Waals surface area contributed by atoms with Crippen LogP contribution in [0.15, 0.2) is 0 Å². The highest BCUT2D eigenvalue weighted by atomic mass is 16.5. The second-order valence-electron chi connectivity index (χ2n) is 6.05. The quantitative estimate of drug-likeness (QED) is 0.753. The molecule has 0 aromatic heterocycles. The molecule has 0 aromatic rings. The Kier molecular flexibility index (Phi) is 4.00. The molecule has 0 saturated heterocycles. The molecular weight excluding hydrogens is 202 g/mol. The average Bonchev–Trinajstić information content (AvgIpc) is 2.19. The summed E-state index contributed by atoms with van der Waals surface area (Å²) >= 11 is 0. The maximum atomic E-state index is 11.6. The van der Waals surface area contributed by atoms with Crippen molar-refractivity contribution in [1.29, 1.82) is 0 Å². The predicted molar refractivity (Wildman–Crippen MR) is 65.3 cm³/mol. The Morgan fingerprint density at radius 2 is 2.00 bits per heavy atom. The summed E-state index contributed by atoms with van der Waals surface area (Å²) in [6.45, 7) is 8.33. The van der Waals surface area contributed by atoms with E-state index in [0.717, 1.165) is 6.42 Å². The molecule has 16 heavy (non-hydrogen) atoms. The third-order valence-corrected chi connectivity index (χ3v) is 3.74. The van der Waals surface area contributed by atoms with Crippen molar-refractivity contribution in [1.82, 2.24) is 5.32 Å². The first-order valence-electron chi connectivity index (χ1n) is 6.16. The molecule has 0 amide bonds. The van der Waals surface area contributed by atoms with Crippen LogP contribution in [-0.2, 0) is 9.53 Å². The summed E-state index contributed by atoms with van der Waals surface area (Å²) in [5.74, 6) is -0.186. The van der Waals surface area contributed by atoms with Crippen molar-refractivity contribution >= 4 is 5.97 Å². The minimum atomic E-state index is -0.589. The van der Waals surface area contributed by atoms with Gasteiger partial charge in [-0.3, -0.25) is 10.1 Å². The molecule has 0 spiro atoms. The molecule has 3 heteroatoms. The van der Waals surface area contributed by atoms with Crippen LogP contribution >= 0.6 is 0 Å². The summed E-state index contributed by atoms with van der Waals surface area (Å²) in [6, 6.07) is 0.398. The van der Waals surface area contributed by atoms with E-state index in [1.807, 2.05) is 13.8 Å². The van der Waals surface area contributed by atoms with Gasteiger partial charge in [-0.2, -0.15) is 0 Å². The van der Waals surface area contributed by atoms with Crippen LogP contribution < -0.4 is 5.32 Å². The molecule has 1 aliphatic carbocycles. The summed E-state index contributed by atoms with van der Waals surface area (Å²) in [5, 5.41) is 3.46. The van der Waals surface area contributed by atoms with Crippen LogP contribution in [0.5, 0.6) is 0 Å². The molecule has 3 nitrogen and oxygen atoms in total. The predicted octanol–water partition coefficient (Wildman–Crippen LogP) is 2.50. The highest BCUT2D eigenvalue weighted by Gasteiger charge is 2.38. The molecule has 1 rings (SSSR count). The number of rotatable bonds is 3. The van der Waals surface area contributed by atoms with E-state index in [1.54, 1.807) is 0 Å². The van der Waals surface area contributed by atoms with E-state index in [1.165, 1.54) is 26.4 Å². The number of hydrogen-bond donors (Lipinski definition) is 1. The van der Waals surface area contributed by atoms with Gasteiger partial charge in [0.05, 0.1) is 7.11 Å². The van der Waals surface area contributed by atoms with Gasteiger partial charge in [0.25, 0.3) is 0 Å². The standard InChI is InChI=1S/C13H25NO2/c1-12(2)9-7-6-8-10(12)14-13(3,4)11(15)16-5/h10,14H,6-9H2,1-5H3. The van der Waals surface area contributed by atoms with Crippen LogP contribution in [0, 0.1) is 5.41 Å². The van der Waals surface area contributed by atoms with E-state index >= 15 is 0 Å². The summed E-state index contributed by atoms with van der Waals surface area (Å²) in [5.41, 5.74) is -0.322. The van der Waals surface area contributed by atoms with E-state index < -0.39 is 5.54 Å². The Bertz CT molecular complexity index is 259. The zero-order chi connectivity index (χ0) is 12.4. The number of ether oxygens (including phenoxy) is 1. The Morgan fingerprint density at radius 3 is 2.50 bits per heavy atom. The summed E-state index contributed by atoms with van der Waals surface area (Å²) < 4.78 is 4.82. The number of esters is 1. The molecule has 1 fully saturated rings. The summed E-state index contributed by atoms with van der Waals surface area (Å²) in [6.07, 6.45) is 4.91. The maximum Gasteiger partial charge on any atom is 0.325 e. The van der Waals surface area contributed by atoms with E-state index in [2.05, 4.69) is 19.2 Å². The fourth-order valence-corrected chi connectivity index (χ4v) is 2.51. The van der Waals surface area contributed by atoms with Gasteiger partial charge in [-0.15, -0.1) is 0 Å². The minimum Gasteiger partial charge on any atom is -0.468 e. The van der Waals surface area contributed by atoms with Crippen molar-refractivity contribution in [3.63, 3.8) is 0 Å².